The zero-order valence-electron chi connectivity index (χ0n) is 28.8. The van der Waals surface area contributed by atoms with E-state index in [0.717, 1.165) is 47.6 Å². The molecule has 3 aromatic rings. The molecule has 0 radical (unpaired) electrons. The van der Waals surface area contributed by atoms with Crippen LogP contribution in [0.3, 0.4) is 0 Å². The van der Waals surface area contributed by atoms with E-state index in [0.29, 0.717) is 31.1 Å². The van der Waals surface area contributed by atoms with Crippen LogP contribution in [0.2, 0.25) is 0 Å². The van der Waals surface area contributed by atoms with Gasteiger partial charge >= 0.3 is 6.09 Å². The number of ether oxygens (including phenoxy) is 1. The van der Waals surface area contributed by atoms with Gasteiger partial charge < -0.3 is 30.2 Å². The topological polar surface area (TPSA) is 137 Å². The third-order valence-electron chi connectivity index (χ3n) is 9.78. The average Bonchev–Trinajstić information content (AvgIpc) is 3.88. The minimum atomic E-state index is -0.712. The Labute approximate surface area is 282 Å². The molecule has 5 rings (SSSR count). The van der Waals surface area contributed by atoms with Crippen molar-refractivity contribution in [2.24, 2.45) is 23.7 Å². The summed E-state index contributed by atoms with van der Waals surface area (Å²) in [5, 5.41) is 5.60. The van der Waals surface area contributed by atoms with E-state index in [2.05, 4.69) is 63.5 Å². The maximum Gasteiger partial charge on any atom is 0.407 e. The Bertz CT molecular complexity index is 1600. The second-order valence-electron chi connectivity index (χ2n) is 13.7. The highest BCUT2D eigenvalue weighted by atomic mass is 16.5. The lowest BCUT2D eigenvalue weighted by atomic mass is 9.96. The predicted octanol–water partition coefficient (Wildman–Crippen LogP) is 5.87. The van der Waals surface area contributed by atoms with Crippen LogP contribution in [0.25, 0.3) is 22.4 Å². The Morgan fingerprint density at radius 1 is 0.854 bits per heavy atom. The third kappa shape index (κ3) is 7.72. The standard InChI is InChI=1S/C37H48N6O5/c1-22(2)24(5)35(45)43-18-7-8-31(43)33-38-20-30(40-33)27-11-9-25(10-12-27)26-13-15-29(16-14-26)39-34(44)28-17-19-42(21-28)36(46)32(23(3)4)41-37(47)48-6/h9-16,20,22-24,28,31-32H,7-8,17-19,21H2,1-6H3,(H,38,40)(H,39,44)(H,41,47)/t24-,28-,31-,32-/m0/s1. The second-order valence-corrected chi connectivity index (χ2v) is 13.7. The fourth-order valence-electron chi connectivity index (χ4n) is 6.42. The summed E-state index contributed by atoms with van der Waals surface area (Å²) in [5.41, 5.74) is 4.66. The number of carbonyl (C=O) groups is 4. The summed E-state index contributed by atoms with van der Waals surface area (Å²) >= 11 is 0. The highest BCUT2D eigenvalue weighted by Gasteiger charge is 2.37. The van der Waals surface area contributed by atoms with Gasteiger partial charge in [0.2, 0.25) is 17.7 Å². The van der Waals surface area contributed by atoms with Crippen molar-refractivity contribution in [3.05, 3.63) is 60.6 Å². The van der Waals surface area contributed by atoms with E-state index in [9.17, 15) is 19.2 Å². The summed E-state index contributed by atoms with van der Waals surface area (Å²) in [6.45, 7) is 11.4. The van der Waals surface area contributed by atoms with E-state index in [1.165, 1.54) is 7.11 Å². The Balaban J connectivity index is 1.16. The van der Waals surface area contributed by atoms with Crippen LogP contribution in [-0.4, -0.2) is 76.4 Å². The van der Waals surface area contributed by atoms with Crippen molar-refractivity contribution in [3.8, 4) is 22.4 Å². The van der Waals surface area contributed by atoms with Gasteiger partial charge in [0.15, 0.2) is 0 Å². The molecule has 2 aliphatic heterocycles. The lowest BCUT2D eigenvalue weighted by Crippen LogP contribution is -2.50. The average molecular weight is 657 g/mol. The molecule has 4 amide bonds. The molecule has 11 heteroatoms. The normalized spacial score (nSPS) is 19.0. The molecule has 48 heavy (non-hydrogen) atoms. The van der Waals surface area contributed by atoms with Gasteiger partial charge in [-0.2, -0.15) is 0 Å². The Hall–Kier alpha value is -4.67. The summed E-state index contributed by atoms with van der Waals surface area (Å²) in [6, 6.07) is 15.2. The summed E-state index contributed by atoms with van der Waals surface area (Å²) in [7, 11) is 1.26. The number of anilines is 1. The molecule has 11 nitrogen and oxygen atoms in total. The van der Waals surface area contributed by atoms with Gasteiger partial charge in [-0.05, 0) is 59.9 Å². The molecule has 0 aliphatic carbocycles. The number of methoxy groups -OCH3 is 1. The summed E-state index contributed by atoms with van der Waals surface area (Å²) < 4.78 is 4.67. The molecule has 2 aliphatic rings. The quantitative estimate of drug-likeness (QED) is 0.250. The first-order valence-corrected chi connectivity index (χ1v) is 17.0. The molecule has 256 valence electrons. The van der Waals surface area contributed by atoms with Crippen LogP contribution in [0, 0.1) is 23.7 Å². The molecule has 0 spiro atoms. The number of likely N-dealkylation sites (tertiary alicyclic amines) is 2. The van der Waals surface area contributed by atoms with E-state index in [4.69, 9.17) is 0 Å². The van der Waals surface area contributed by atoms with Crippen LogP contribution in [-0.2, 0) is 19.1 Å². The van der Waals surface area contributed by atoms with Gasteiger partial charge in [-0.3, -0.25) is 14.4 Å². The first kappa shape index (κ1) is 34.7. The lowest BCUT2D eigenvalue weighted by Gasteiger charge is -2.27. The van der Waals surface area contributed by atoms with Crippen molar-refractivity contribution in [2.45, 2.75) is 66.0 Å². The number of imidazole rings is 1. The number of aromatic amines is 1. The highest BCUT2D eigenvalue weighted by Crippen LogP contribution is 2.34. The number of aromatic nitrogens is 2. The molecule has 3 heterocycles. The van der Waals surface area contributed by atoms with E-state index < -0.39 is 12.1 Å². The highest BCUT2D eigenvalue weighted by molar-refractivity contribution is 5.94. The first-order valence-electron chi connectivity index (χ1n) is 17.0. The van der Waals surface area contributed by atoms with Crippen molar-refractivity contribution >= 4 is 29.5 Å². The Morgan fingerprint density at radius 2 is 1.50 bits per heavy atom. The monoisotopic (exact) mass is 656 g/mol. The number of H-pyrrole nitrogens is 1. The number of alkyl carbamates (subject to hydrolysis) is 1. The molecule has 2 aromatic carbocycles. The van der Waals surface area contributed by atoms with Gasteiger partial charge in [-0.1, -0.05) is 71.0 Å². The number of benzene rings is 2. The van der Waals surface area contributed by atoms with Crippen molar-refractivity contribution in [1.29, 1.82) is 0 Å². The van der Waals surface area contributed by atoms with Crippen molar-refractivity contribution in [2.75, 3.05) is 32.1 Å². The van der Waals surface area contributed by atoms with Crippen LogP contribution in [0.1, 0.15) is 65.7 Å². The van der Waals surface area contributed by atoms with Crippen LogP contribution in [0.15, 0.2) is 54.7 Å². The molecule has 1 aromatic heterocycles. The molecular weight excluding hydrogens is 608 g/mol. The molecular formula is C37H48N6O5. The van der Waals surface area contributed by atoms with Crippen molar-refractivity contribution in [3.63, 3.8) is 0 Å². The third-order valence-corrected chi connectivity index (χ3v) is 9.78. The molecule has 4 atom stereocenters. The SMILES string of the molecule is COC(=O)N[C@H](C(=O)N1CC[C@H](C(=O)Nc2ccc(-c3ccc(-c4cnc([C@@H]5CCCN5C(=O)[C@@H](C)C(C)C)[nH]4)cc3)cc2)C1)C(C)C. The zero-order valence-corrected chi connectivity index (χ0v) is 28.8. The van der Waals surface area contributed by atoms with E-state index >= 15 is 0 Å². The van der Waals surface area contributed by atoms with Crippen LogP contribution < -0.4 is 10.6 Å². The molecule has 0 saturated carbocycles. The van der Waals surface area contributed by atoms with Gasteiger partial charge in [0.25, 0.3) is 0 Å². The number of hydrogen-bond acceptors (Lipinski definition) is 6. The van der Waals surface area contributed by atoms with Gasteiger partial charge in [0.05, 0.1) is 31.0 Å². The van der Waals surface area contributed by atoms with Gasteiger partial charge in [-0.25, -0.2) is 9.78 Å². The lowest BCUT2D eigenvalue weighted by molar-refractivity contribution is -0.137. The number of nitrogens with one attached hydrogen (secondary N) is 3. The minimum Gasteiger partial charge on any atom is -0.453 e. The van der Waals surface area contributed by atoms with E-state index in [-0.39, 0.29) is 41.5 Å². The number of nitrogens with zero attached hydrogens (tertiary/aromatic N) is 3. The van der Waals surface area contributed by atoms with Crippen LogP contribution >= 0.6 is 0 Å². The summed E-state index contributed by atoms with van der Waals surface area (Å²) in [6.07, 6.45) is 3.63. The second kappa shape index (κ2) is 15.0. The van der Waals surface area contributed by atoms with Crippen LogP contribution in [0.4, 0.5) is 10.5 Å². The zero-order chi connectivity index (χ0) is 34.5. The van der Waals surface area contributed by atoms with Crippen molar-refractivity contribution < 1.29 is 23.9 Å². The fourth-order valence-corrected chi connectivity index (χ4v) is 6.42. The smallest absolute Gasteiger partial charge is 0.407 e. The van der Waals surface area contributed by atoms with Gasteiger partial charge in [0, 0.05) is 31.2 Å². The van der Waals surface area contributed by atoms with E-state index in [1.54, 1.807) is 4.90 Å². The maximum absolute atomic E-state index is 13.1. The molecule has 2 saturated heterocycles. The fraction of sp³-hybridized carbons (Fsp3) is 0.486. The Kier molecular flexibility index (Phi) is 10.9. The summed E-state index contributed by atoms with van der Waals surface area (Å²) in [5.74, 6) is 0.502. The number of amides is 4. The Morgan fingerprint density at radius 3 is 2.12 bits per heavy atom. The molecule has 3 N–H and O–H groups in total. The number of hydrogen-bond donors (Lipinski definition) is 3. The summed E-state index contributed by atoms with van der Waals surface area (Å²) in [4.78, 5) is 62.7. The predicted molar refractivity (Wildman–Crippen MR) is 185 cm³/mol. The molecule has 0 bridgehead atoms. The maximum atomic E-state index is 13.1. The van der Waals surface area contributed by atoms with Crippen LogP contribution in [0.5, 0.6) is 0 Å². The van der Waals surface area contributed by atoms with Gasteiger partial charge in [0.1, 0.15) is 11.9 Å². The molecule has 0 unspecified atom stereocenters. The molecule has 2 fully saturated rings. The van der Waals surface area contributed by atoms with E-state index in [1.807, 2.05) is 56.1 Å². The van der Waals surface area contributed by atoms with Crippen molar-refractivity contribution in [1.82, 2.24) is 25.1 Å². The minimum absolute atomic E-state index is 0.0182. The number of carbonyl (C=O) groups excluding carboxylic acids is 4. The number of rotatable bonds is 10. The first-order chi connectivity index (χ1) is 23.0. The van der Waals surface area contributed by atoms with Gasteiger partial charge in [-0.15, -0.1) is 0 Å². The largest absolute Gasteiger partial charge is 0.453 e.